The normalized spacial score (nSPS) is 20.4. The number of nitrogens with zero attached hydrogens (tertiary/aromatic N) is 4. The van der Waals surface area contributed by atoms with Crippen LogP contribution in [0.25, 0.3) is 22.4 Å². The number of fused-ring (bicyclic) bond motifs is 1. The van der Waals surface area contributed by atoms with Crippen LogP contribution < -0.4 is 4.90 Å². The van der Waals surface area contributed by atoms with Crippen LogP contribution in [0.5, 0.6) is 0 Å². The van der Waals surface area contributed by atoms with Crippen LogP contribution in [0.15, 0.2) is 42.5 Å². The Morgan fingerprint density at radius 1 is 1.20 bits per heavy atom. The first kappa shape index (κ1) is 25.0. The quantitative estimate of drug-likeness (QED) is 0.530. The lowest BCUT2D eigenvalue weighted by molar-refractivity contribution is -0.136. The van der Waals surface area contributed by atoms with Gasteiger partial charge in [-0.15, -0.1) is 0 Å². The number of hydrogen-bond donors (Lipinski definition) is 2. The summed E-state index contributed by atoms with van der Waals surface area (Å²) in [6.45, 7) is 3.47. The molecule has 0 spiro atoms. The van der Waals surface area contributed by atoms with Crippen molar-refractivity contribution in [3.8, 4) is 11.4 Å². The maximum atomic E-state index is 13.3. The van der Waals surface area contributed by atoms with Crippen molar-refractivity contribution >= 4 is 40.7 Å². The summed E-state index contributed by atoms with van der Waals surface area (Å²) < 4.78 is 0. The highest BCUT2D eigenvalue weighted by atomic mass is 35.5. The van der Waals surface area contributed by atoms with Crippen LogP contribution in [0.2, 0.25) is 5.02 Å². The molecule has 35 heavy (non-hydrogen) atoms. The Balaban J connectivity index is 0.000000917. The van der Waals surface area contributed by atoms with E-state index in [1.165, 1.54) is 0 Å². The number of carboxylic acid groups (broad SMARTS) is 1. The van der Waals surface area contributed by atoms with Gasteiger partial charge >= 0.3 is 0 Å². The van der Waals surface area contributed by atoms with E-state index >= 15 is 0 Å². The predicted octanol–water partition coefficient (Wildman–Crippen LogP) is 3.96. The number of halogens is 1. The summed E-state index contributed by atoms with van der Waals surface area (Å²) >= 11 is 6.56. The van der Waals surface area contributed by atoms with Crippen LogP contribution in [0.4, 0.5) is 5.69 Å². The molecule has 3 heterocycles. The van der Waals surface area contributed by atoms with E-state index < -0.39 is 0 Å². The van der Waals surface area contributed by atoms with Crippen molar-refractivity contribution in [2.24, 2.45) is 5.92 Å². The van der Waals surface area contributed by atoms with Gasteiger partial charge in [-0.2, -0.15) is 0 Å². The molecule has 186 valence electrons. The fourth-order valence-corrected chi connectivity index (χ4v) is 5.29. The van der Waals surface area contributed by atoms with Crippen LogP contribution >= 0.6 is 11.6 Å². The van der Waals surface area contributed by atoms with E-state index in [-0.39, 0.29) is 18.3 Å². The lowest BCUT2D eigenvalue weighted by Gasteiger charge is -2.37. The summed E-state index contributed by atoms with van der Waals surface area (Å²) in [5, 5.41) is 7.56. The van der Waals surface area contributed by atoms with Gasteiger partial charge in [0, 0.05) is 44.0 Å². The zero-order valence-corrected chi connectivity index (χ0v) is 20.9. The fraction of sp³-hybridized carbons (Fsp3) is 0.423. The van der Waals surface area contributed by atoms with Crippen molar-refractivity contribution in [2.75, 3.05) is 45.2 Å². The van der Waals surface area contributed by atoms with Gasteiger partial charge in [0.15, 0.2) is 0 Å². The molecule has 0 saturated carbocycles. The number of aromatic nitrogens is 2. The monoisotopic (exact) mass is 497 g/mol. The zero-order chi connectivity index (χ0) is 24.9. The van der Waals surface area contributed by atoms with E-state index in [4.69, 9.17) is 26.5 Å². The summed E-state index contributed by atoms with van der Waals surface area (Å²) in [5.41, 5.74) is 3.90. The molecule has 1 unspecified atom stereocenters. The Bertz CT molecular complexity index is 1150. The Hall–Kier alpha value is -3.10. The number of carbonyl (C=O) groups is 2. The van der Waals surface area contributed by atoms with Crippen LogP contribution in [-0.2, 0) is 9.59 Å². The van der Waals surface area contributed by atoms with Crippen molar-refractivity contribution in [3.63, 3.8) is 0 Å². The molecular formula is C26H32ClN5O3. The number of imidazole rings is 1. The zero-order valence-electron chi connectivity index (χ0n) is 20.2. The van der Waals surface area contributed by atoms with E-state index in [1.807, 2.05) is 42.3 Å². The number of aromatic amines is 1. The fourth-order valence-electron chi connectivity index (χ4n) is 5.08. The number of H-pyrrole nitrogens is 1. The largest absolute Gasteiger partial charge is 0.483 e. The number of piperidine rings is 1. The van der Waals surface area contributed by atoms with Crippen LogP contribution in [0.1, 0.15) is 19.3 Å². The third-order valence-corrected chi connectivity index (χ3v) is 7.32. The van der Waals surface area contributed by atoms with E-state index in [2.05, 4.69) is 34.0 Å². The van der Waals surface area contributed by atoms with E-state index in [0.29, 0.717) is 11.1 Å². The van der Waals surface area contributed by atoms with Crippen molar-refractivity contribution in [2.45, 2.75) is 25.3 Å². The standard InChI is InChI=1S/C25H30ClN5O.CH2O2/c1-29-13-11-19(16-29)30(2)25(32)17-6-5-12-31(15-17)18-9-10-21(26)20(14-18)24-27-22-7-3-4-8-23(22)28-24;2-1-3/h3-4,7-10,14,17,19H,5-6,11-13,15-16H2,1-2H3,(H,27,28);1H,(H,2,3)/t17-,19?;/m0./s1. The molecule has 2 aromatic carbocycles. The Labute approximate surface area is 210 Å². The second-order valence-electron chi connectivity index (χ2n) is 9.31. The van der Waals surface area contributed by atoms with Crippen molar-refractivity contribution in [1.29, 1.82) is 0 Å². The highest BCUT2D eigenvalue weighted by Gasteiger charge is 2.33. The summed E-state index contributed by atoms with van der Waals surface area (Å²) in [5.74, 6) is 1.08. The van der Waals surface area contributed by atoms with E-state index in [9.17, 15) is 4.79 Å². The van der Waals surface area contributed by atoms with Gasteiger partial charge in [0.1, 0.15) is 5.82 Å². The number of hydrogen-bond acceptors (Lipinski definition) is 5. The molecular weight excluding hydrogens is 466 g/mol. The highest BCUT2D eigenvalue weighted by molar-refractivity contribution is 6.33. The number of likely N-dealkylation sites (tertiary alicyclic amines) is 1. The molecule has 5 rings (SSSR count). The van der Waals surface area contributed by atoms with Gasteiger partial charge in [-0.1, -0.05) is 23.7 Å². The number of anilines is 1. The van der Waals surface area contributed by atoms with Crippen molar-refractivity contribution < 1.29 is 14.7 Å². The summed E-state index contributed by atoms with van der Waals surface area (Å²) in [7, 11) is 4.11. The molecule has 9 heteroatoms. The predicted molar refractivity (Wildman–Crippen MR) is 139 cm³/mol. The number of amides is 1. The SMILES string of the molecule is CN1CCC(N(C)C(=O)[C@H]2CCCN(c3ccc(Cl)c(-c4nc5ccccc5[nH]4)c3)C2)C1.O=CO. The lowest BCUT2D eigenvalue weighted by atomic mass is 9.95. The molecule has 2 aliphatic heterocycles. The molecule has 1 amide bonds. The third-order valence-electron chi connectivity index (χ3n) is 6.99. The molecule has 0 aliphatic carbocycles. The van der Waals surface area contributed by atoms with E-state index in [0.717, 1.165) is 73.6 Å². The maximum absolute atomic E-state index is 13.3. The average Bonchev–Trinajstić information content (AvgIpc) is 3.50. The van der Waals surface area contributed by atoms with Gasteiger partial charge < -0.3 is 24.8 Å². The van der Waals surface area contributed by atoms with Gasteiger partial charge in [0.2, 0.25) is 5.91 Å². The first-order chi connectivity index (χ1) is 16.9. The molecule has 2 saturated heterocycles. The number of benzene rings is 2. The molecule has 2 aliphatic rings. The minimum absolute atomic E-state index is 0.0324. The lowest BCUT2D eigenvalue weighted by Crippen LogP contribution is -2.47. The summed E-state index contributed by atoms with van der Waals surface area (Å²) in [4.78, 5) is 36.3. The summed E-state index contributed by atoms with van der Waals surface area (Å²) in [6.07, 6.45) is 3.02. The Morgan fingerprint density at radius 2 is 1.97 bits per heavy atom. The maximum Gasteiger partial charge on any atom is 0.290 e. The molecule has 2 N–H and O–H groups in total. The smallest absolute Gasteiger partial charge is 0.290 e. The number of likely N-dealkylation sites (N-methyl/N-ethyl adjacent to an activating group) is 2. The number of para-hydroxylation sites is 2. The molecule has 0 bridgehead atoms. The number of rotatable bonds is 4. The number of nitrogens with one attached hydrogen (secondary N) is 1. The highest BCUT2D eigenvalue weighted by Crippen LogP contribution is 2.33. The second kappa shape index (κ2) is 11.1. The Morgan fingerprint density at radius 3 is 2.69 bits per heavy atom. The molecule has 3 aromatic rings. The minimum Gasteiger partial charge on any atom is -0.483 e. The van der Waals surface area contributed by atoms with Crippen LogP contribution in [0, 0.1) is 5.92 Å². The van der Waals surface area contributed by atoms with Crippen LogP contribution in [0.3, 0.4) is 0 Å². The van der Waals surface area contributed by atoms with Crippen molar-refractivity contribution in [3.05, 3.63) is 47.5 Å². The molecule has 1 aromatic heterocycles. The molecule has 2 fully saturated rings. The summed E-state index contributed by atoms with van der Waals surface area (Å²) in [6, 6.07) is 14.4. The van der Waals surface area contributed by atoms with Gasteiger partial charge in [0.05, 0.1) is 22.0 Å². The average molecular weight is 498 g/mol. The first-order valence-electron chi connectivity index (χ1n) is 11.9. The molecule has 8 nitrogen and oxygen atoms in total. The van der Waals surface area contributed by atoms with Crippen LogP contribution in [-0.4, -0.2) is 83.6 Å². The molecule has 0 radical (unpaired) electrons. The van der Waals surface area contributed by atoms with Gasteiger partial charge in [-0.25, -0.2) is 4.98 Å². The minimum atomic E-state index is -0.250. The third kappa shape index (κ3) is 5.60. The van der Waals surface area contributed by atoms with Gasteiger partial charge in [0.25, 0.3) is 6.47 Å². The first-order valence-corrected chi connectivity index (χ1v) is 12.3. The van der Waals surface area contributed by atoms with E-state index in [1.54, 1.807) is 0 Å². The van der Waals surface area contributed by atoms with Crippen molar-refractivity contribution in [1.82, 2.24) is 19.8 Å². The second-order valence-corrected chi connectivity index (χ2v) is 9.72. The van der Waals surface area contributed by atoms with Gasteiger partial charge in [-0.05, 0) is 63.2 Å². The number of carbonyl (C=O) groups excluding carboxylic acids is 1. The topological polar surface area (TPSA) is 92.8 Å². The Kier molecular flexibility index (Phi) is 7.93. The van der Waals surface area contributed by atoms with Gasteiger partial charge in [-0.3, -0.25) is 9.59 Å². The molecule has 2 atom stereocenters.